The fourth-order valence-corrected chi connectivity index (χ4v) is 2.98. The summed E-state index contributed by atoms with van der Waals surface area (Å²) in [5.74, 6) is 0.198. The van der Waals surface area contributed by atoms with Gasteiger partial charge in [0.2, 0.25) is 11.8 Å². The minimum absolute atomic E-state index is 0.00260. The van der Waals surface area contributed by atoms with Gasteiger partial charge in [-0.1, -0.05) is 24.3 Å². The number of hydrogen-bond acceptors (Lipinski definition) is 4. The summed E-state index contributed by atoms with van der Waals surface area (Å²) >= 11 is 0. The van der Waals surface area contributed by atoms with Crippen LogP contribution in [-0.4, -0.2) is 37.7 Å². The minimum Gasteiger partial charge on any atom is -0.490 e. The van der Waals surface area contributed by atoms with Crippen molar-refractivity contribution in [2.45, 2.75) is 25.6 Å². The molecule has 0 aromatic heterocycles. The van der Waals surface area contributed by atoms with Crippen LogP contribution >= 0.6 is 0 Å². The molecule has 0 atom stereocenters. The summed E-state index contributed by atoms with van der Waals surface area (Å²) in [6, 6.07) is 13.3. The molecule has 2 amide bonds. The van der Waals surface area contributed by atoms with Gasteiger partial charge in [-0.2, -0.15) is 13.2 Å². The molecule has 9 heteroatoms. The fraction of sp³-hybridized carbons (Fsp3) is 0.333. The van der Waals surface area contributed by atoms with Crippen molar-refractivity contribution in [2.75, 3.05) is 24.7 Å². The van der Waals surface area contributed by atoms with Gasteiger partial charge < -0.3 is 19.7 Å². The van der Waals surface area contributed by atoms with Crippen LogP contribution in [0.5, 0.6) is 11.5 Å². The Balaban J connectivity index is 1.46. The van der Waals surface area contributed by atoms with Crippen molar-refractivity contribution in [3.63, 3.8) is 0 Å². The van der Waals surface area contributed by atoms with Gasteiger partial charge in [0, 0.05) is 19.4 Å². The number of carbonyl (C=O) groups is 2. The van der Waals surface area contributed by atoms with Gasteiger partial charge >= 0.3 is 6.18 Å². The van der Waals surface area contributed by atoms with E-state index in [4.69, 9.17) is 9.47 Å². The maximum atomic E-state index is 12.5. The summed E-state index contributed by atoms with van der Waals surface area (Å²) < 4.78 is 46.9. The lowest BCUT2D eigenvalue weighted by atomic mass is 10.2. The van der Waals surface area contributed by atoms with E-state index in [2.05, 4.69) is 5.32 Å². The molecule has 0 bridgehead atoms. The molecule has 6 nitrogen and oxygen atoms in total. The topological polar surface area (TPSA) is 67.9 Å². The minimum atomic E-state index is -4.42. The van der Waals surface area contributed by atoms with Gasteiger partial charge in [-0.3, -0.25) is 9.59 Å². The van der Waals surface area contributed by atoms with E-state index in [1.54, 1.807) is 29.2 Å². The Morgan fingerprint density at radius 2 is 1.90 bits per heavy atom. The Bertz CT molecular complexity index is 902. The number of amides is 2. The van der Waals surface area contributed by atoms with Gasteiger partial charge in [0.1, 0.15) is 18.1 Å². The van der Waals surface area contributed by atoms with Crippen LogP contribution in [-0.2, 0) is 16.1 Å². The van der Waals surface area contributed by atoms with E-state index in [0.29, 0.717) is 30.2 Å². The Labute approximate surface area is 171 Å². The number of carbonyl (C=O) groups excluding carboxylic acids is 2. The highest BCUT2D eigenvalue weighted by molar-refractivity contribution is 5.97. The van der Waals surface area contributed by atoms with Crippen molar-refractivity contribution >= 4 is 17.5 Å². The summed E-state index contributed by atoms with van der Waals surface area (Å²) in [6.07, 6.45) is -4.38. The van der Waals surface area contributed by atoms with Crippen molar-refractivity contribution in [3.8, 4) is 11.5 Å². The van der Waals surface area contributed by atoms with Gasteiger partial charge in [0.15, 0.2) is 6.61 Å². The maximum absolute atomic E-state index is 12.5. The number of nitrogens with one attached hydrogen (secondary N) is 1. The molecule has 0 fully saturated rings. The second-order valence-corrected chi connectivity index (χ2v) is 6.69. The van der Waals surface area contributed by atoms with E-state index < -0.39 is 12.8 Å². The average molecular weight is 422 g/mol. The van der Waals surface area contributed by atoms with Crippen molar-refractivity contribution < 1.29 is 32.2 Å². The third-order valence-electron chi connectivity index (χ3n) is 4.39. The van der Waals surface area contributed by atoms with Crippen LogP contribution in [0.2, 0.25) is 0 Å². The summed E-state index contributed by atoms with van der Waals surface area (Å²) in [5, 5.41) is 2.66. The van der Waals surface area contributed by atoms with Crippen molar-refractivity contribution in [3.05, 3.63) is 54.1 Å². The molecule has 0 saturated carbocycles. The summed E-state index contributed by atoms with van der Waals surface area (Å²) in [4.78, 5) is 26.2. The Morgan fingerprint density at radius 3 is 2.70 bits per heavy atom. The van der Waals surface area contributed by atoms with E-state index in [9.17, 15) is 22.8 Å². The number of anilines is 1. The maximum Gasteiger partial charge on any atom is 0.422 e. The lowest BCUT2D eigenvalue weighted by Gasteiger charge is -2.29. The first-order valence-corrected chi connectivity index (χ1v) is 9.39. The normalized spacial score (nSPS) is 13.2. The van der Waals surface area contributed by atoms with Gasteiger partial charge in [0.05, 0.1) is 12.2 Å². The monoisotopic (exact) mass is 422 g/mol. The molecule has 0 aliphatic carbocycles. The number of ether oxygens (including phenoxy) is 2. The average Bonchev–Trinajstić information content (AvgIpc) is 2.74. The number of hydrogen-bond donors (Lipinski definition) is 1. The zero-order valence-electron chi connectivity index (χ0n) is 16.1. The SMILES string of the molecule is O=C(CCC(=O)N1CCOc2ccccc21)NCc1cccc(OCC(F)(F)F)c1. The fourth-order valence-electron chi connectivity index (χ4n) is 2.98. The van der Waals surface area contributed by atoms with E-state index >= 15 is 0 Å². The number of alkyl halides is 3. The summed E-state index contributed by atoms with van der Waals surface area (Å²) in [6.45, 7) is -0.448. The molecular weight excluding hydrogens is 401 g/mol. The second-order valence-electron chi connectivity index (χ2n) is 6.69. The number of halogens is 3. The number of benzene rings is 2. The first kappa shape index (κ1) is 21.5. The van der Waals surface area contributed by atoms with Crippen LogP contribution in [0.15, 0.2) is 48.5 Å². The zero-order chi connectivity index (χ0) is 21.6. The highest BCUT2D eigenvalue weighted by Gasteiger charge is 2.28. The molecule has 2 aromatic carbocycles. The van der Waals surface area contributed by atoms with Crippen molar-refractivity contribution in [1.29, 1.82) is 0 Å². The van der Waals surface area contributed by atoms with E-state index in [-0.39, 0.29) is 37.0 Å². The molecule has 0 unspecified atom stereocenters. The first-order valence-electron chi connectivity index (χ1n) is 9.39. The standard InChI is InChI=1S/C21H21F3N2O4/c22-21(23,24)14-30-16-5-3-4-15(12-16)13-25-19(27)8-9-20(28)26-10-11-29-18-7-2-1-6-17(18)26/h1-7,12H,8-11,13-14H2,(H,25,27). The molecule has 0 radical (unpaired) electrons. The van der Waals surface area contributed by atoms with Gasteiger partial charge in [-0.05, 0) is 29.8 Å². The van der Waals surface area contributed by atoms with Crippen LogP contribution in [0.1, 0.15) is 18.4 Å². The molecule has 1 N–H and O–H groups in total. The van der Waals surface area contributed by atoms with E-state index in [1.165, 1.54) is 12.1 Å². The number of nitrogens with zero attached hydrogens (tertiary/aromatic N) is 1. The van der Waals surface area contributed by atoms with Gasteiger partial charge in [-0.15, -0.1) is 0 Å². The molecular formula is C21H21F3N2O4. The largest absolute Gasteiger partial charge is 0.490 e. The predicted octanol–water partition coefficient (Wildman–Crippen LogP) is 3.45. The lowest BCUT2D eigenvalue weighted by molar-refractivity contribution is -0.153. The molecule has 3 rings (SSSR count). The van der Waals surface area contributed by atoms with Gasteiger partial charge in [-0.25, -0.2) is 0 Å². The third-order valence-corrected chi connectivity index (χ3v) is 4.39. The third kappa shape index (κ3) is 6.13. The van der Waals surface area contributed by atoms with Crippen LogP contribution in [0, 0.1) is 0 Å². The highest BCUT2D eigenvalue weighted by Crippen LogP contribution is 2.31. The van der Waals surface area contributed by atoms with Gasteiger partial charge in [0.25, 0.3) is 0 Å². The first-order chi connectivity index (χ1) is 14.3. The second kappa shape index (κ2) is 9.51. The Hall–Kier alpha value is -3.23. The van der Waals surface area contributed by atoms with Crippen molar-refractivity contribution in [1.82, 2.24) is 5.32 Å². The molecule has 0 saturated heterocycles. The van der Waals surface area contributed by atoms with Crippen LogP contribution in [0.3, 0.4) is 0 Å². The quantitative estimate of drug-likeness (QED) is 0.742. The molecule has 1 aliphatic rings. The number of fused-ring (bicyclic) bond motifs is 1. The molecule has 160 valence electrons. The lowest BCUT2D eigenvalue weighted by Crippen LogP contribution is -2.38. The Kier molecular flexibility index (Phi) is 6.81. The van der Waals surface area contributed by atoms with Crippen molar-refractivity contribution in [2.24, 2.45) is 0 Å². The van der Waals surface area contributed by atoms with Crippen LogP contribution in [0.25, 0.3) is 0 Å². The van der Waals surface area contributed by atoms with Crippen LogP contribution in [0.4, 0.5) is 18.9 Å². The molecule has 0 spiro atoms. The van der Waals surface area contributed by atoms with Crippen LogP contribution < -0.4 is 19.7 Å². The van der Waals surface area contributed by atoms with E-state index in [0.717, 1.165) is 0 Å². The predicted molar refractivity (Wildman–Crippen MR) is 103 cm³/mol. The molecule has 2 aromatic rings. The summed E-state index contributed by atoms with van der Waals surface area (Å²) in [5.41, 5.74) is 1.28. The Morgan fingerprint density at radius 1 is 1.10 bits per heavy atom. The highest BCUT2D eigenvalue weighted by atomic mass is 19.4. The number of rotatable bonds is 7. The smallest absolute Gasteiger partial charge is 0.422 e. The summed E-state index contributed by atoms with van der Waals surface area (Å²) in [7, 11) is 0. The molecule has 1 aliphatic heterocycles. The molecule has 1 heterocycles. The molecule has 30 heavy (non-hydrogen) atoms. The number of para-hydroxylation sites is 2. The zero-order valence-corrected chi connectivity index (χ0v) is 16.1. The van der Waals surface area contributed by atoms with E-state index in [1.807, 2.05) is 12.1 Å².